The maximum Gasteiger partial charge on any atom is 0.494 e. The van der Waals surface area contributed by atoms with E-state index in [1.54, 1.807) is 81.4 Å². The normalized spacial score (nSPS) is 14.2. The van der Waals surface area contributed by atoms with E-state index in [-0.39, 0.29) is 33.2 Å². The van der Waals surface area contributed by atoms with Crippen LogP contribution in [0, 0.1) is 0 Å². The number of alkyl carbamates (subject to hydrolysis) is 2. The highest BCUT2D eigenvalue weighted by atomic mass is 79.9. The second kappa shape index (κ2) is 23.6. The molecule has 0 bridgehead atoms. The zero-order valence-corrected chi connectivity index (χ0v) is 49.4. The monoisotopic (exact) mass is 1200 g/mol. The van der Waals surface area contributed by atoms with Crippen LogP contribution >= 0.6 is 39.1 Å². The number of rotatable bonds is 10. The van der Waals surface area contributed by atoms with Crippen molar-refractivity contribution in [3.05, 3.63) is 172 Å². The number of halogens is 3. The Kier molecular flexibility index (Phi) is 18.0. The minimum atomic E-state index is -3.90. The van der Waals surface area contributed by atoms with Crippen molar-refractivity contribution in [2.75, 3.05) is 0 Å². The Bertz CT molecular complexity index is 3680. The van der Waals surface area contributed by atoms with E-state index in [4.69, 9.17) is 42.0 Å². The molecule has 8 aromatic rings. The summed E-state index contributed by atoms with van der Waals surface area (Å²) in [5.74, 6) is 0. The van der Waals surface area contributed by atoms with E-state index in [0.717, 1.165) is 30.1 Å². The summed E-state index contributed by atoms with van der Waals surface area (Å²) < 4.78 is 77.6. The molecule has 78 heavy (non-hydrogen) atoms. The van der Waals surface area contributed by atoms with Crippen molar-refractivity contribution in [1.29, 1.82) is 0 Å². The van der Waals surface area contributed by atoms with Gasteiger partial charge in [0.05, 0.1) is 36.4 Å². The third-order valence-electron chi connectivity index (χ3n) is 12.1. The number of pyridine rings is 2. The first-order valence-electron chi connectivity index (χ1n) is 24.5. The number of nitrogens with zero attached hydrogens (tertiary/aromatic N) is 4. The third-order valence-corrected chi connectivity index (χ3v) is 16.7. The number of benzene rings is 4. The Hall–Kier alpha value is -6.26. The van der Waals surface area contributed by atoms with Crippen molar-refractivity contribution >= 4 is 106 Å². The molecule has 1 saturated heterocycles. The van der Waals surface area contributed by atoms with Crippen LogP contribution in [-0.4, -0.2) is 76.5 Å². The predicted octanol–water partition coefficient (Wildman–Crippen LogP) is 12.3. The molecular weight excluding hydrogens is 1140 g/mol. The van der Waals surface area contributed by atoms with Crippen LogP contribution in [0.3, 0.4) is 0 Å². The molecule has 1 fully saturated rings. The van der Waals surface area contributed by atoms with Gasteiger partial charge < -0.3 is 29.4 Å². The number of amides is 2. The van der Waals surface area contributed by atoms with Gasteiger partial charge in [-0.05, 0) is 150 Å². The number of fused-ring (bicyclic) bond motifs is 2. The molecule has 0 saturated carbocycles. The Labute approximate surface area is 474 Å². The summed E-state index contributed by atoms with van der Waals surface area (Å²) in [6.07, 6.45) is 5.01. The summed E-state index contributed by atoms with van der Waals surface area (Å²) in [6.45, 7) is 19.7. The number of carbonyl (C=O) groups excluding carboxylic acids is 2. The maximum atomic E-state index is 13.4. The number of hydrogen-bond donors (Lipinski definition) is 2. The number of hydrogen-bond acceptors (Lipinski definition) is 12. The minimum Gasteiger partial charge on any atom is -0.444 e. The van der Waals surface area contributed by atoms with Crippen LogP contribution in [0.15, 0.2) is 160 Å². The zero-order chi connectivity index (χ0) is 57.0. The molecule has 0 aliphatic carbocycles. The highest BCUT2D eigenvalue weighted by Gasteiger charge is 2.51. The van der Waals surface area contributed by atoms with Gasteiger partial charge in [-0.15, -0.1) is 0 Å². The van der Waals surface area contributed by atoms with Gasteiger partial charge in [-0.3, -0.25) is 0 Å². The van der Waals surface area contributed by atoms with Gasteiger partial charge in [0.25, 0.3) is 20.0 Å². The molecule has 1 aliphatic heterocycles. The molecule has 0 spiro atoms. The molecule has 0 unspecified atom stereocenters. The van der Waals surface area contributed by atoms with Crippen LogP contribution in [0.4, 0.5) is 9.59 Å². The van der Waals surface area contributed by atoms with Crippen LogP contribution in [0.2, 0.25) is 10.0 Å². The zero-order valence-electron chi connectivity index (χ0n) is 44.7. The first kappa shape index (κ1) is 59.4. The van der Waals surface area contributed by atoms with Crippen molar-refractivity contribution < 1.29 is 45.2 Å². The molecule has 22 heteroatoms. The largest absolute Gasteiger partial charge is 0.494 e. The second-order valence-corrected chi connectivity index (χ2v) is 26.3. The summed E-state index contributed by atoms with van der Waals surface area (Å²) in [7, 11) is -8.00. The molecule has 4 aromatic carbocycles. The number of ether oxygens (including phenoxy) is 2. The fraction of sp³-hybridized carbons (Fsp3) is 0.286. The molecular formula is C56H60BBrCl2N6O10S2. The average molecular weight is 1200 g/mol. The lowest BCUT2D eigenvalue weighted by molar-refractivity contribution is 0.00578. The fourth-order valence-corrected chi connectivity index (χ4v) is 11.8. The van der Waals surface area contributed by atoms with Crippen LogP contribution in [0.5, 0.6) is 0 Å². The third kappa shape index (κ3) is 14.1. The predicted molar refractivity (Wildman–Crippen MR) is 309 cm³/mol. The summed E-state index contributed by atoms with van der Waals surface area (Å²) in [5.41, 5.74) is 2.77. The van der Waals surface area contributed by atoms with Crippen LogP contribution in [-0.2, 0) is 51.9 Å². The number of nitrogens with one attached hydrogen (secondary N) is 2. The lowest BCUT2D eigenvalue weighted by Gasteiger charge is -2.32. The van der Waals surface area contributed by atoms with Gasteiger partial charge in [-0.1, -0.05) is 102 Å². The topological polar surface area (TPSA) is 199 Å². The van der Waals surface area contributed by atoms with Gasteiger partial charge in [-0.2, -0.15) is 0 Å². The molecule has 2 amide bonds. The van der Waals surface area contributed by atoms with E-state index < -0.39 is 50.6 Å². The summed E-state index contributed by atoms with van der Waals surface area (Å²) in [5, 5.41) is 7.44. The molecule has 2 N–H and O–H groups in total. The first-order valence-corrected chi connectivity index (χ1v) is 29.0. The van der Waals surface area contributed by atoms with Crippen molar-refractivity contribution in [2.45, 2.75) is 115 Å². The summed E-state index contributed by atoms with van der Waals surface area (Å²) in [6, 6.07) is 34.9. The molecule has 0 atom stereocenters. The SMILES string of the molecule is CC(C)(C)OC(=O)NCc1cccc(-c2cn(S(=O)(=O)c3ccccc3)c3nccc(Cl)c23)c1.CC(C)(C)OC(=O)NCc1cccc(B2OC(C)(C)C(C)(C)O2)c1.O=S(=O)(c1ccccc1)n1cc(Br)c2c(Cl)ccnc21. The van der Waals surface area contributed by atoms with Crippen molar-refractivity contribution in [3.8, 4) is 11.1 Å². The van der Waals surface area contributed by atoms with Crippen molar-refractivity contribution in [2.24, 2.45) is 0 Å². The lowest BCUT2D eigenvalue weighted by Crippen LogP contribution is -2.41. The number of carbonyl (C=O) groups is 2. The minimum absolute atomic E-state index is 0.149. The Balaban J connectivity index is 0.000000177. The van der Waals surface area contributed by atoms with E-state index in [1.807, 2.05) is 97.0 Å². The molecule has 9 rings (SSSR count). The van der Waals surface area contributed by atoms with Crippen molar-refractivity contribution in [3.63, 3.8) is 0 Å². The molecule has 5 heterocycles. The maximum absolute atomic E-state index is 13.4. The average Bonchev–Trinajstić information content (AvgIpc) is 4.07. The van der Waals surface area contributed by atoms with E-state index >= 15 is 0 Å². The van der Waals surface area contributed by atoms with Gasteiger partial charge in [0.2, 0.25) is 0 Å². The Morgan fingerprint density at radius 3 is 1.54 bits per heavy atom. The van der Waals surface area contributed by atoms with Gasteiger partial charge in [0.1, 0.15) is 11.2 Å². The second-order valence-electron chi connectivity index (χ2n) is 21.0. The fourth-order valence-electron chi connectivity index (χ4n) is 7.78. The van der Waals surface area contributed by atoms with Crippen LogP contribution in [0.25, 0.3) is 33.2 Å². The first-order chi connectivity index (χ1) is 36.5. The quantitative estimate of drug-likeness (QED) is 0.123. The number of aromatic nitrogens is 4. The highest BCUT2D eigenvalue weighted by molar-refractivity contribution is 9.10. The molecule has 410 valence electrons. The summed E-state index contributed by atoms with van der Waals surface area (Å²) in [4.78, 5) is 32.6. The smallest absolute Gasteiger partial charge is 0.444 e. The Morgan fingerprint density at radius 2 is 1.05 bits per heavy atom. The molecule has 4 aromatic heterocycles. The van der Waals surface area contributed by atoms with E-state index in [1.165, 1.54) is 36.9 Å². The van der Waals surface area contributed by atoms with E-state index in [2.05, 4.69) is 36.5 Å². The van der Waals surface area contributed by atoms with Gasteiger partial charge in [0.15, 0.2) is 11.3 Å². The Morgan fingerprint density at radius 1 is 0.615 bits per heavy atom. The van der Waals surface area contributed by atoms with Gasteiger partial charge in [-0.25, -0.2) is 44.3 Å². The summed E-state index contributed by atoms with van der Waals surface area (Å²) >= 11 is 15.9. The van der Waals surface area contributed by atoms with Crippen LogP contribution in [0.1, 0.15) is 80.4 Å². The highest BCUT2D eigenvalue weighted by Crippen LogP contribution is 2.38. The lowest BCUT2D eigenvalue weighted by atomic mass is 9.78. The van der Waals surface area contributed by atoms with E-state index in [0.29, 0.717) is 43.0 Å². The van der Waals surface area contributed by atoms with Gasteiger partial charge in [0, 0.05) is 53.3 Å². The molecule has 0 radical (unpaired) electrons. The van der Waals surface area contributed by atoms with E-state index in [9.17, 15) is 26.4 Å². The molecule has 16 nitrogen and oxygen atoms in total. The molecule has 1 aliphatic rings. The van der Waals surface area contributed by atoms with Crippen LogP contribution < -0.4 is 16.1 Å². The standard InChI is InChI=1S/C25H24ClN3O4S.C18H28BNO4.C13H8BrClN2O2S/c1-25(2,3)33-24(30)28-15-17-8-7-9-18(14-17)20-16-29(23-22(20)21(26)12-13-27-23)34(31,32)19-10-5-4-6-11-19;1-16(2,3)22-15(21)20-12-13-9-8-10-14(11-13)19-23-17(4,5)18(6,7)24-19;14-10-8-17(13-12(10)11(15)6-7-16-13)20(18,19)9-4-2-1-3-5-9/h4-14,16H,15H2,1-3H3,(H,28,30);8-11H,12H2,1-7H3,(H,20,21);1-8H. The van der Waals surface area contributed by atoms with Crippen molar-refractivity contribution in [1.82, 2.24) is 28.5 Å². The van der Waals surface area contributed by atoms with Gasteiger partial charge >= 0.3 is 19.3 Å².